The molecule has 0 bridgehead atoms. The van der Waals surface area contributed by atoms with Crippen LogP contribution in [0.1, 0.15) is 41.9 Å². The second-order valence-corrected chi connectivity index (χ2v) is 6.79. The van der Waals surface area contributed by atoms with Gasteiger partial charge in [0.1, 0.15) is 11.5 Å². The SMILES string of the molecule is Cc1ccc(Cl)c(C(=O)N2CCCCC2CCOc2ccc(F)cn2)n1. The molecule has 2 aromatic rings. The Morgan fingerprint density at radius 1 is 1.35 bits per heavy atom. The van der Waals surface area contributed by atoms with E-state index < -0.39 is 5.82 Å². The number of nitrogens with zero attached hydrogens (tertiary/aromatic N) is 3. The highest BCUT2D eigenvalue weighted by Crippen LogP contribution is 2.24. The molecule has 2 aromatic heterocycles. The van der Waals surface area contributed by atoms with Crippen LogP contribution in [0.4, 0.5) is 4.39 Å². The maximum absolute atomic E-state index is 12.9. The van der Waals surface area contributed by atoms with Crippen molar-refractivity contribution in [3.63, 3.8) is 0 Å². The summed E-state index contributed by atoms with van der Waals surface area (Å²) in [5.74, 6) is -0.157. The van der Waals surface area contributed by atoms with Crippen LogP contribution in [0, 0.1) is 12.7 Å². The predicted octanol–water partition coefficient (Wildman–Crippen LogP) is 4.04. The molecule has 1 saturated heterocycles. The van der Waals surface area contributed by atoms with E-state index in [1.807, 2.05) is 11.8 Å². The molecule has 0 aromatic carbocycles. The first kappa shape index (κ1) is 18.6. The lowest BCUT2D eigenvalue weighted by Gasteiger charge is -2.35. The number of aryl methyl sites for hydroxylation is 1. The molecule has 1 amide bonds. The molecular weight excluding hydrogens is 357 g/mol. The summed E-state index contributed by atoms with van der Waals surface area (Å²) in [6.07, 6.45) is 4.74. The van der Waals surface area contributed by atoms with Gasteiger partial charge in [-0.25, -0.2) is 14.4 Å². The van der Waals surface area contributed by atoms with E-state index in [2.05, 4.69) is 9.97 Å². The summed E-state index contributed by atoms with van der Waals surface area (Å²) in [6, 6.07) is 6.37. The van der Waals surface area contributed by atoms with Crippen molar-refractivity contribution in [3.05, 3.63) is 52.7 Å². The smallest absolute Gasteiger partial charge is 0.274 e. The number of aromatic nitrogens is 2. The molecule has 1 atom stereocenters. The average Bonchev–Trinajstić information content (AvgIpc) is 2.65. The average molecular weight is 378 g/mol. The van der Waals surface area contributed by atoms with Gasteiger partial charge in [0.2, 0.25) is 5.88 Å². The predicted molar refractivity (Wildman–Crippen MR) is 97.0 cm³/mol. The topological polar surface area (TPSA) is 55.3 Å². The molecule has 0 saturated carbocycles. The molecule has 0 N–H and O–H groups in total. The number of hydrogen-bond donors (Lipinski definition) is 0. The number of pyridine rings is 2. The van der Waals surface area contributed by atoms with Gasteiger partial charge in [-0.05, 0) is 44.4 Å². The number of halogens is 2. The van der Waals surface area contributed by atoms with Gasteiger partial charge in [-0.15, -0.1) is 0 Å². The highest BCUT2D eigenvalue weighted by molar-refractivity contribution is 6.33. The van der Waals surface area contributed by atoms with Crippen molar-refractivity contribution in [1.82, 2.24) is 14.9 Å². The lowest BCUT2D eigenvalue weighted by Crippen LogP contribution is -2.44. The maximum atomic E-state index is 12.9. The van der Waals surface area contributed by atoms with Gasteiger partial charge in [0.15, 0.2) is 0 Å². The lowest BCUT2D eigenvalue weighted by atomic mass is 9.99. The number of carbonyl (C=O) groups excluding carboxylic acids is 1. The van der Waals surface area contributed by atoms with Gasteiger partial charge in [-0.1, -0.05) is 11.6 Å². The molecule has 0 aliphatic carbocycles. The van der Waals surface area contributed by atoms with Crippen LogP contribution in [-0.4, -0.2) is 40.0 Å². The van der Waals surface area contributed by atoms with Gasteiger partial charge in [0.05, 0.1) is 17.8 Å². The van der Waals surface area contributed by atoms with Crippen molar-refractivity contribution in [3.8, 4) is 5.88 Å². The molecule has 1 unspecified atom stereocenters. The molecule has 26 heavy (non-hydrogen) atoms. The van der Waals surface area contributed by atoms with Crippen molar-refractivity contribution >= 4 is 17.5 Å². The highest BCUT2D eigenvalue weighted by Gasteiger charge is 2.29. The first-order chi connectivity index (χ1) is 12.5. The minimum Gasteiger partial charge on any atom is -0.478 e. The summed E-state index contributed by atoms with van der Waals surface area (Å²) >= 11 is 6.18. The molecular formula is C19H21ClFN3O2. The Kier molecular flexibility index (Phi) is 6.04. The van der Waals surface area contributed by atoms with Crippen LogP contribution in [0.5, 0.6) is 5.88 Å². The van der Waals surface area contributed by atoms with Crippen LogP contribution < -0.4 is 4.74 Å². The number of ether oxygens (including phenoxy) is 1. The van der Waals surface area contributed by atoms with Crippen molar-refractivity contribution in [1.29, 1.82) is 0 Å². The van der Waals surface area contributed by atoms with Gasteiger partial charge in [0, 0.05) is 30.8 Å². The van der Waals surface area contributed by atoms with E-state index in [0.29, 0.717) is 36.2 Å². The molecule has 3 rings (SSSR count). The van der Waals surface area contributed by atoms with Gasteiger partial charge in [-0.3, -0.25) is 4.79 Å². The van der Waals surface area contributed by atoms with E-state index in [4.69, 9.17) is 16.3 Å². The fourth-order valence-corrected chi connectivity index (χ4v) is 3.33. The Morgan fingerprint density at radius 3 is 2.96 bits per heavy atom. The third-order valence-electron chi connectivity index (χ3n) is 4.48. The van der Waals surface area contributed by atoms with Gasteiger partial charge in [-0.2, -0.15) is 0 Å². The zero-order valence-corrected chi connectivity index (χ0v) is 15.4. The Labute approximate surface area is 157 Å². The Morgan fingerprint density at radius 2 is 2.19 bits per heavy atom. The fraction of sp³-hybridized carbons (Fsp3) is 0.421. The minimum atomic E-state index is -0.399. The third kappa shape index (κ3) is 4.49. The third-order valence-corrected chi connectivity index (χ3v) is 4.78. The Balaban J connectivity index is 1.64. The van der Waals surface area contributed by atoms with E-state index in [1.165, 1.54) is 12.1 Å². The normalized spacial score (nSPS) is 17.2. The van der Waals surface area contributed by atoms with Crippen molar-refractivity contribution in [2.24, 2.45) is 0 Å². The zero-order valence-electron chi connectivity index (χ0n) is 14.6. The van der Waals surface area contributed by atoms with E-state index in [-0.39, 0.29) is 11.9 Å². The molecule has 0 spiro atoms. The minimum absolute atomic E-state index is 0.0649. The molecule has 3 heterocycles. The van der Waals surface area contributed by atoms with Crippen molar-refractivity contribution in [2.75, 3.05) is 13.2 Å². The quantitative estimate of drug-likeness (QED) is 0.789. The van der Waals surface area contributed by atoms with Crippen LogP contribution in [-0.2, 0) is 0 Å². The molecule has 1 fully saturated rings. The van der Waals surface area contributed by atoms with Gasteiger partial charge in [0.25, 0.3) is 5.91 Å². The van der Waals surface area contributed by atoms with Crippen LogP contribution in [0.25, 0.3) is 0 Å². The van der Waals surface area contributed by atoms with E-state index in [9.17, 15) is 9.18 Å². The van der Waals surface area contributed by atoms with Crippen molar-refractivity contribution in [2.45, 2.75) is 38.6 Å². The van der Waals surface area contributed by atoms with Crippen LogP contribution in [0.15, 0.2) is 30.5 Å². The number of rotatable bonds is 5. The number of carbonyl (C=O) groups is 1. The summed E-state index contributed by atoms with van der Waals surface area (Å²) in [6.45, 7) is 2.93. The van der Waals surface area contributed by atoms with Gasteiger partial charge < -0.3 is 9.64 Å². The molecule has 5 nitrogen and oxygen atoms in total. The highest BCUT2D eigenvalue weighted by atomic mass is 35.5. The molecule has 1 aliphatic heterocycles. The maximum Gasteiger partial charge on any atom is 0.274 e. The zero-order chi connectivity index (χ0) is 18.5. The first-order valence-corrected chi connectivity index (χ1v) is 9.11. The molecule has 7 heteroatoms. The Hall–Kier alpha value is -2.21. The van der Waals surface area contributed by atoms with E-state index in [1.54, 1.807) is 12.1 Å². The van der Waals surface area contributed by atoms with E-state index >= 15 is 0 Å². The Bertz CT molecular complexity index is 770. The monoisotopic (exact) mass is 377 g/mol. The summed E-state index contributed by atoms with van der Waals surface area (Å²) in [5, 5.41) is 0.372. The standard InChI is InChI=1S/C19H21ClFN3O2/c1-13-5-7-16(20)18(23-13)19(25)24-10-3-2-4-15(24)9-11-26-17-8-6-14(21)12-22-17/h5-8,12,15H,2-4,9-11H2,1H3. The molecule has 138 valence electrons. The van der Waals surface area contributed by atoms with Crippen LogP contribution in [0.3, 0.4) is 0 Å². The molecule has 0 radical (unpaired) electrons. The second-order valence-electron chi connectivity index (χ2n) is 6.38. The number of likely N-dealkylation sites (tertiary alicyclic amines) is 1. The number of amides is 1. The second kappa shape index (κ2) is 8.45. The van der Waals surface area contributed by atoms with Crippen LogP contribution >= 0.6 is 11.6 Å². The van der Waals surface area contributed by atoms with Crippen molar-refractivity contribution < 1.29 is 13.9 Å². The largest absolute Gasteiger partial charge is 0.478 e. The summed E-state index contributed by atoms with van der Waals surface area (Å²) < 4.78 is 18.5. The fourth-order valence-electron chi connectivity index (χ4n) is 3.14. The van der Waals surface area contributed by atoms with E-state index in [0.717, 1.165) is 31.2 Å². The van der Waals surface area contributed by atoms with Gasteiger partial charge >= 0.3 is 0 Å². The van der Waals surface area contributed by atoms with Crippen LogP contribution in [0.2, 0.25) is 5.02 Å². The summed E-state index contributed by atoms with van der Waals surface area (Å²) in [5.41, 5.74) is 1.07. The summed E-state index contributed by atoms with van der Waals surface area (Å²) in [7, 11) is 0. The number of hydrogen-bond acceptors (Lipinski definition) is 4. The molecule has 1 aliphatic rings. The number of piperidine rings is 1. The summed E-state index contributed by atoms with van der Waals surface area (Å²) in [4.78, 5) is 23.0. The lowest BCUT2D eigenvalue weighted by molar-refractivity contribution is 0.0573. The first-order valence-electron chi connectivity index (χ1n) is 8.73.